The van der Waals surface area contributed by atoms with Crippen LogP contribution in [0.3, 0.4) is 0 Å². The first kappa shape index (κ1) is 21.8. The number of rotatable bonds is 10. The van der Waals surface area contributed by atoms with Gasteiger partial charge in [0.15, 0.2) is 0 Å². The van der Waals surface area contributed by atoms with Gasteiger partial charge in [-0.05, 0) is 23.1 Å². The zero-order valence-electron chi connectivity index (χ0n) is 17.6. The van der Waals surface area contributed by atoms with Gasteiger partial charge in [0.2, 0.25) is 5.91 Å². The minimum absolute atomic E-state index is 0.0674. The number of hydrogen-bond donors (Lipinski definition) is 0. The highest BCUT2D eigenvalue weighted by Gasteiger charge is 2.15. The number of carbonyl (C=O) groups is 1. The Morgan fingerprint density at radius 2 is 1.90 bits per heavy atom. The maximum Gasteiger partial charge on any atom is 0.227 e. The maximum absolute atomic E-state index is 12.8. The SMILES string of the molecule is C=CCN(Cc1csc(COc2ccccc2C(C)C)n1)C(=O)Cc1ccccc1. The van der Waals surface area contributed by atoms with Crippen molar-refractivity contribution in [2.75, 3.05) is 6.54 Å². The van der Waals surface area contributed by atoms with Gasteiger partial charge in [0.1, 0.15) is 17.4 Å². The monoisotopic (exact) mass is 420 g/mol. The van der Waals surface area contributed by atoms with Crippen molar-refractivity contribution < 1.29 is 9.53 Å². The van der Waals surface area contributed by atoms with Crippen LogP contribution in [0.15, 0.2) is 72.6 Å². The van der Waals surface area contributed by atoms with Crippen molar-refractivity contribution in [3.8, 4) is 5.75 Å². The lowest BCUT2D eigenvalue weighted by atomic mass is 10.0. The molecule has 4 nitrogen and oxygen atoms in total. The summed E-state index contributed by atoms with van der Waals surface area (Å²) >= 11 is 1.56. The summed E-state index contributed by atoms with van der Waals surface area (Å²) < 4.78 is 6.03. The van der Waals surface area contributed by atoms with Gasteiger partial charge in [-0.3, -0.25) is 4.79 Å². The molecule has 0 bridgehead atoms. The molecule has 30 heavy (non-hydrogen) atoms. The molecule has 0 saturated heterocycles. The molecule has 0 fully saturated rings. The molecule has 0 radical (unpaired) electrons. The first-order valence-electron chi connectivity index (χ1n) is 10.1. The molecule has 5 heteroatoms. The van der Waals surface area contributed by atoms with Crippen molar-refractivity contribution in [1.82, 2.24) is 9.88 Å². The number of benzene rings is 2. The average molecular weight is 421 g/mol. The van der Waals surface area contributed by atoms with Crippen LogP contribution in [0.1, 0.15) is 41.6 Å². The molecule has 0 atom stereocenters. The Balaban J connectivity index is 1.61. The Labute approximate surface area is 182 Å². The molecule has 1 heterocycles. The van der Waals surface area contributed by atoms with Gasteiger partial charge in [-0.2, -0.15) is 0 Å². The van der Waals surface area contributed by atoms with Crippen molar-refractivity contribution >= 4 is 17.2 Å². The number of aromatic nitrogens is 1. The van der Waals surface area contributed by atoms with E-state index in [9.17, 15) is 4.79 Å². The summed E-state index contributed by atoms with van der Waals surface area (Å²) in [5.74, 6) is 1.37. The van der Waals surface area contributed by atoms with Gasteiger partial charge >= 0.3 is 0 Å². The molecule has 2 aromatic carbocycles. The number of hydrogen-bond acceptors (Lipinski definition) is 4. The molecule has 0 aliphatic carbocycles. The summed E-state index contributed by atoms with van der Waals surface area (Å²) in [7, 11) is 0. The summed E-state index contributed by atoms with van der Waals surface area (Å²) in [4.78, 5) is 19.2. The van der Waals surface area contributed by atoms with Crippen LogP contribution in [-0.2, 0) is 24.4 Å². The second-order valence-corrected chi connectivity index (χ2v) is 8.38. The standard InChI is InChI=1S/C25H28N2O2S/c1-4-14-27(25(28)15-20-10-6-5-7-11-20)16-21-18-30-24(26-21)17-29-23-13-9-8-12-22(23)19(2)3/h4-13,18-19H,1,14-17H2,2-3H3. The zero-order valence-corrected chi connectivity index (χ0v) is 18.4. The molecule has 0 saturated carbocycles. The van der Waals surface area contributed by atoms with E-state index in [2.05, 4.69) is 31.5 Å². The van der Waals surface area contributed by atoms with Crippen LogP contribution in [0.4, 0.5) is 0 Å². The molecular formula is C25H28N2O2S. The zero-order chi connectivity index (χ0) is 21.3. The van der Waals surface area contributed by atoms with Crippen LogP contribution in [0, 0.1) is 0 Å². The lowest BCUT2D eigenvalue weighted by molar-refractivity contribution is -0.130. The van der Waals surface area contributed by atoms with Gasteiger partial charge in [-0.15, -0.1) is 17.9 Å². The maximum atomic E-state index is 12.8. The molecule has 0 aliphatic rings. The fourth-order valence-corrected chi connectivity index (χ4v) is 3.90. The Bertz CT molecular complexity index is 966. The molecule has 0 unspecified atom stereocenters. The Hall–Kier alpha value is -2.92. The van der Waals surface area contributed by atoms with E-state index >= 15 is 0 Å². The average Bonchev–Trinajstić information content (AvgIpc) is 3.20. The molecule has 3 rings (SSSR count). The van der Waals surface area contributed by atoms with Crippen molar-refractivity contribution in [2.45, 2.75) is 39.3 Å². The van der Waals surface area contributed by atoms with E-state index < -0.39 is 0 Å². The first-order chi connectivity index (χ1) is 14.6. The third kappa shape index (κ3) is 6.04. The summed E-state index contributed by atoms with van der Waals surface area (Å²) in [5, 5.41) is 2.90. The number of ether oxygens (including phenoxy) is 1. The minimum atomic E-state index is 0.0674. The van der Waals surface area contributed by atoms with E-state index in [0.717, 1.165) is 22.0 Å². The smallest absolute Gasteiger partial charge is 0.227 e. The van der Waals surface area contributed by atoms with Crippen molar-refractivity contribution in [1.29, 1.82) is 0 Å². The molecule has 156 valence electrons. The van der Waals surface area contributed by atoms with E-state index in [0.29, 0.717) is 32.0 Å². The van der Waals surface area contributed by atoms with Gasteiger partial charge < -0.3 is 9.64 Å². The Kier molecular flexibility index (Phi) is 7.80. The molecule has 1 aromatic heterocycles. The second-order valence-electron chi connectivity index (χ2n) is 7.44. The second kappa shape index (κ2) is 10.7. The lowest BCUT2D eigenvalue weighted by Crippen LogP contribution is -2.32. The summed E-state index contributed by atoms with van der Waals surface area (Å²) in [5.41, 5.74) is 3.07. The predicted octanol–water partition coefficient (Wildman–Crippen LogP) is 5.60. The molecule has 1 amide bonds. The highest BCUT2D eigenvalue weighted by molar-refractivity contribution is 7.09. The topological polar surface area (TPSA) is 42.4 Å². The van der Waals surface area contributed by atoms with Crippen LogP contribution in [0.5, 0.6) is 5.75 Å². The van der Waals surface area contributed by atoms with Crippen molar-refractivity contribution in [2.24, 2.45) is 0 Å². The van der Waals surface area contributed by atoms with Crippen LogP contribution in [0.2, 0.25) is 0 Å². The third-order valence-electron chi connectivity index (χ3n) is 4.74. The van der Waals surface area contributed by atoms with Crippen molar-refractivity contribution in [3.63, 3.8) is 0 Å². The van der Waals surface area contributed by atoms with Crippen LogP contribution < -0.4 is 4.74 Å². The summed E-state index contributed by atoms with van der Waals surface area (Å²) in [6.07, 6.45) is 2.13. The Morgan fingerprint density at radius 3 is 2.63 bits per heavy atom. The normalized spacial score (nSPS) is 10.8. The van der Waals surface area contributed by atoms with Gasteiger partial charge in [0.25, 0.3) is 0 Å². The van der Waals surface area contributed by atoms with E-state index in [-0.39, 0.29) is 5.91 Å². The third-order valence-corrected chi connectivity index (χ3v) is 5.62. The Morgan fingerprint density at radius 1 is 1.17 bits per heavy atom. The highest BCUT2D eigenvalue weighted by Crippen LogP contribution is 2.27. The number of carbonyl (C=O) groups excluding carboxylic acids is 1. The van der Waals surface area contributed by atoms with Crippen LogP contribution in [-0.4, -0.2) is 22.3 Å². The predicted molar refractivity (Wildman–Crippen MR) is 123 cm³/mol. The summed E-state index contributed by atoms with van der Waals surface area (Å²) in [6.45, 7) is 9.49. The number of nitrogens with zero attached hydrogens (tertiary/aromatic N) is 2. The van der Waals surface area contributed by atoms with Gasteiger partial charge in [0.05, 0.1) is 18.7 Å². The molecule has 0 N–H and O–H groups in total. The largest absolute Gasteiger partial charge is 0.486 e. The van der Waals surface area contributed by atoms with E-state index in [1.165, 1.54) is 5.56 Å². The number of para-hydroxylation sites is 1. The fraction of sp³-hybridized carbons (Fsp3) is 0.280. The molecule has 0 spiro atoms. The molecule has 3 aromatic rings. The van der Waals surface area contributed by atoms with Crippen LogP contribution in [0.25, 0.3) is 0 Å². The van der Waals surface area contributed by atoms with Gasteiger partial charge in [-0.25, -0.2) is 4.98 Å². The highest BCUT2D eigenvalue weighted by atomic mass is 32.1. The van der Waals surface area contributed by atoms with Gasteiger partial charge in [0, 0.05) is 11.9 Å². The van der Waals surface area contributed by atoms with Gasteiger partial charge in [-0.1, -0.05) is 68.5 Å². The van der Waals surface area contributed by atoms with E-state index in [4.69, 9.17) is 4.74 Å². The quantitative estimate of drug-likeness (QED) is 0.401. The summed E-state index contributed by atoms with van der Waals surface area (Å²) in [6, 6.07) is 17.9. The minimum Gasteiger partial charge on any atom is -0.486 e. The lowest BCUT2D eigenvalue weighted by Gasteiger charge is -2.20. The number of thiazole rings is 1. The van der Waals surface area contributed by atoms with Crippen LogP contribution >= 0.6 is 11.3 Å². The molecule has 0 aliphatic heterocycles. The fourth-order valence-electron chi connectivity index (χ4n) is 3.20. The van der Waals surface area contributed by atoms with E-state index in [1.54, 1.807) is 22.3 Å². The molecular weight excluding hydrogens is 392 g/mol. The van der Waals surface area contributed by atoms with Crippen molar-refractivity contribution in [3.05, 3.63) is 94.5 Å². The number of amides is 1. The first-order valence-corrected chi connectivity index (χ1v) is 11.0. The van der Waals surface area contributed by atoms with E-state index in [1.807, 2.05) is 53.9 Å².